The van der Waals surface area contributed by atoms with E-state index in [4.69, 9.17) is 17.3 Å². The van der Waals surface area contributed by atoms with Gasteiger partial charge in [-0.25, -0.2) is 9.37 Å². The molecule has 0 aliphatic heterocycles. The van der Waals surface area contributed by atoms with E-state index in [2.05, 4.69) is 10.3 Å². The predicted molar refractivity (Wildman–Crippen MR) is 77.5 cm³/mol. The minimum Gasteiger partial charge on any atom is -0.399 e. The van der Waals surface area contributed by atoms with Crippen molar-refractivity contribution >= 4 is 28.9 Å². The Morgan fingerprint density at radius 2 is 2.00 bits per heavy atom. The number of hydrogen-bond acceptors (Lipinski definition) is 3. The maximum atomic E-state index is 13.9. The fraction of sp³-hybridized carbons (Fsp3) is 0.143. The SMILES string of the molecule is Cc1cc(NC(=O)c2cc(N)cc(C)c2F)cnc1Cl. The lowest BCUT2D eigenvalue weighted by molar-refractivity contribution is 0.102. The number of carbonyl (C=O) groups excluding carboxylic acids is 1. The van der Waals surface area contributed by atoms with Crippen LogP contribution in [-0.2, 0) is 0 Å². The number of anilines is 2. The molecule has 0 unspecified atom stereocenters. The van der Waals surface area contributed by atoms with E-state index in [0.29, 0.717) is 27.7 Å². The first-order valence-corrected chi connectivity index (χ1v) is 6.25. The normalized spacial score (nSPS) is 10.4. The third-order valence-corrected chi connectivity index (χ3v) is 3.19. The highest BCUT2D eigenvalue weighted by atomic mass is 35.5. The van der Waals surface area contributed by atoms with Gasteiger partial charge in [-0.15, -0.1) is 0 Å². The van der Waals surface area contributed by atoms with E-state index in [1.165, 1.54) is 18.3 Å². The zero-order valence-electron chi connectivity index (χ0n) is 11.0. The Balaban J connectivity index is 2.30. The molecule has 0 radical (unpaired) electrons. The van der Waals surface area contributed by atoms with E-state index >= 15 is 0 Å². The Hall–Kier alpha value is -2.14. The lowest BCUT2D eigenvalue weighted by Gasteiger charge is -2.09. The van der Waals surface area contributed by atoms with Crippen LogP contribution in [0, 0.1) is 19.7 Å². The number of benzene rings is 1. The van der Waals surface area contributed by atoms with Crippen LogP contribution in [0.4, 0.5) is 15.8 Å². The average molecular weight is 294 g/mol. The van der Waals surface area contributed by atoms with Crippen LogP contribution in [0.1, 0.15) is 21.5 Å². The lowest BCUT2D eigenvalue weighted by Crippen LogP contribution is -2.15. The molecule has 0 saturated heterocycles. The number of nitrogens with two attached hydrogens (primary N) is 1. The minimum atomic E-state index is -0.588. The summed E-state index contributed by atoms with van der Waals surface area (Å²) < 4.78 is 13.9. The first-order chi connectivity index (χ1) is 9.38. The Bertz CT molecular complexity index is 688. The second-order valence-corrected chi connectivity index (χ2v) is 4.84. The van der Waals surface area contributed by atoms with Gasteiger partial charge >= 0.3 is 0 Å². The van der Waals surface area contributed by atoms with E-state index in [1.807, 2.05) is 0 Å². The summed E-state index contributed by atoms with van der Waals surface area (Å²) in [7, 11) is 0. The van der Waals surface area contributed by atoms with Crippen molar-refractivity contribution in [3.05, 3.63) is 52.1 Å². The van der Waals surface area contributed by atoms with E-state index in [1.54, 1.807) is 19.9 Å². The second kappa shape index (κ2) is 5.46. The van der Waals surface area contributed by atoms with Crippen LogP contribution < -0.4 is 11.1 Å². The van der Waals surface area contributed by atoms with Crippen molar-refractivity contribution in [2.45, 2.75) is 13.8 Å². The van der Waals surface area contributed by atoms with E-state index in [9.17, 15) is 9.18 Å². The molecule has 0 atom stereocenters. The predicted octanol–water partition coefficient (Wildman–Crippen LogP) is 3.33. The van der Waals surface area contributed by atoms with Crippen molar-refractivity contribution in [2.24, 2.45) is 0 Å². The van der Waals surface area contributed by atoms with Gasteiger partial charge in [-0.2, -0.15) is 0 Å². The topological polar surface area (TPSA) is 68.0 Å². The molecule has 1 aromatic heterocycles. The summed E-state index contributed by atoms with van der Waals surface area (Å²) in [6, 6.07) is 4.43. The number of pyridine rings is 1. The van der Waals surface area contributed by atoms with Crippen LogP contribution >= 0.6 is 11.6 Å². The van der Waals surface area contributed by atoms with E-state index in [0.717, 1.165) is 0 Å². The summed E-state index contributed by atoms with van der Waals surface area (Å²) in [4.78, 5) is 16.0. The Morgan fingerprint density at radius 3 is 2.65 bits per heavy atom. The zero-order valence-corrected chi connectivity index (χ0v) is 11.8. The van der Waals surface area contributed by atoms with Crippen molar-refractivity contribution in [3.63, 3.8) is 0 Å². The summed E-state index contributed by atoms with van der Waals surface area (Å²) >= 11 is 5.80. The van der Waals surface area contributed by atoms with Gasteiger partial charge in [0.2, 0.25) is 0 Å². The number of aromatic nitrogens is 1. The van der Waals surface area contributed by atoms with Gasteiger partial charge in [0.25, 0.3) is 5.91 Å². The number of hydrogen-bond donors (Lipinski definition) is 2. The van der Waals surface area contributed by atoms with Gasteiger partial charge in [0.05, 0.1) is 17.4 Å². The first-order valence-electron chi connectivity index (χ1n) is 5.87. The van der Waals surface area contributed by atoms with Crippen LogP contribution in [0.2, 0.25) is 5.15 Å². The number of amides is 1. The van der Waals surface area contributed by atoms with Crippen molar-refractivity contribution < 1.29 is 9.18 Å². The Morgan fingerprint density at radius 1 is 1.30 bits per heavy atom. The molecule has 1 aromatic carbocycles. The number of carbonyl (C=O) groups is 1. The van der Waals surface area contributed by atoms with Crippen LogP contribution in [0.25, 0.3) is 0 Å². The summed E-state index contributed by atoms with van der Waals surface area (Å²) in [5.74, 6) is -1.17. The summed E-state index contributed by atoms with van der Waals surface area (Å²) in [5, 5.41) is 2.92. The number of halogens is 2. The molecule has 104 valence electrons. The standard InChI is InChI=1S/C14H13ClFN3O/c1-7-3-9(17)5-11(12(7)16)14(20)19-10-4-8(2)13(15)18-6-10/h3-6H,17H2,1-2H3,(H,19,20). The molecule has 0 bridgehead atoms. The van der Waals surface area contributed by atoms with Crippen LogP contribution in [0.15, 0.2) is 24.4 Å². The molecular formula is C14H13ClFN3O. The first kappa shape index (κ1) is 14.3. The molecule has 0 spiro atoms. The molecule has 4 nitrogen and oxygen atoms in total. The van der Waals surface area contributed by atoms with Crippen LogP contribution in [0.5, 0.6) is 0 Å². The smallest absolute Gasteiger partial charge is 0.258 e. The number of nitrogens with one attached hydrogen (secondary N) is 1. The molecule has 1 heterocycles. The maximum Gasteiger partial charge on any atom is 0.258 e. The van der Waals surface area contributed by atoms with E-state index in [-0.39, 0.29) is 5.56 Å². The Labute approximate surface area is 120 Å². The average Bonchev–Trinajstić information content (AvgIpc) is 2.38. The van der Waals surface area contributed by atoms with Crippen molar-refractivity contribution in [3.8, 4) is 0 Å². The highest BCUT2D eigenvalue weighted by Crippen LogP contribution is 2.20. The molecule has 2 aromatic rings. The quantitative estimate of drug-likeness (QED) is 0.659. The molecule has 0 aliphatic carbocycles. The van der Waals surface area contributed by atoms with Crippen molar-refractivity contribution in [1.29, 1.82) is 0 Å². The van der Waals surface area contributed by atoms with Gasteiger partial charge < -0.3 is 11.1 Å². The van der Waals surface area contributed by atoms with Gasteiger partial charge in [-0.3, -0.25) is 4.79 Å². The van der Waals surface area contributed by atoms with Gasteiger partial charge in [-0.1, -0.05) is 11.6 Å². The summed E-state index contributed by atoms with van der Waals surface area (Å²) in [5.41, 5.74) is 7.34. The summed E-state index contributed by atoms with van der Waals surface area (Å²) in [6.45, 7) is 3.31. The molecule has 6 heteroatoms. The van der Waals surface area contributed by atoms with Crippen LogP contribution in [-0.4, -0.2) is 10.9 Å². The van der Waals surface area contributed by atoms with Crippen LogP contribution in [0.3, 0.4) is 0 Å². The van der Waals surface area contributed by atoms with Gasteiger partial charge in [0.1, 0.15) is 11.0 Å². The van der Waals surface area contributed by atoms with Gasteiger partial charge in [0.15, 0.2) is 0 Å². The molecule has 3 N–H and O–H groups in total. The van der Waals surface area contributed by atoms with Gasteiger partial charge in [-0.05, 0) is 43.2 Å². The summed E-state index contributed by atoms with van der Waals surface area (Å²) in [6.07, 6.45) is 1.41. The Kier molecular flexibility index (Phi) is 3.90. The zero-order chi connectivity index (χ0) is 14.9. The minimum absolute atomic E-state index is 0.102. The highest BCUT2D eigenvalue weighted by molar-refractivity contribution is 6.30. The van der Waals surface area contributed by atoms with Gasteiger partial charge in [0, 0.05) is 5.69 Å². The molecule has 2 rings (SSSR count). The fourth-order valence-corrected chi connectivity index (χ4v) is 1.89. The fourth-order valence-electron chi connectivity index (χ4n) is 1.79. The molecule has 0 fully saturated rings. The number of nitrogens with zero attached hydrogens (tertiary/aromatic N) is 1. The largest absolute Gasteiger partial charge is 0.399 e. The third-order valence-electron chi connectivity index (χ3n) is 2.79. The molecule has 1 amide bonds. The number of aryl methyl sites for hydroxylation is 2. The van der Waals surface area contributed by atoms with Crippen molar-refractivity contribution in [2.75, 3.05) is 11.1 Å². The lowest BCUT2D eigenvalue weighted by atomic mass is 10.1. The molecule has 0 saturated carbocycles. The number of nitrogen functional groups attached to an aromatic ring is 1. The van der Waals surface area contributed by atoms with Crippen molar-refractivity contribution in [1.82, 2.24) is 4.98 Å². The number of rotatable bonds is 2. The molecule has 20 heavy (non-hydrogen) atoms. The maximum absolute atomic E-state index is 13.9. The highest BCUT2D eigenvalue weighted by Gasteiger charge is 2.15. The monoisotopic (exact) mass is 293 g/mol. The van der Waals surface area contributed by atoms with E-state index < -0.39 is 11.7 Å². The molecular weight excluding hydrogens is 281 g/mol. The third kappa shape index (κ3) is 2.88. The second-order valence-electron chi connectivity index (χ2n) is 4.49. The molecule has 0 aliphatic rings.